The molecule has 1 aromatic heterocycles. The first-order valence-corrected chi connectivity index (χ1v) is 8.92. The van der Waals surface area contributed by atoms with Gasteiger partial charge in [0.1, 0.15) is 27.8 Å². The predicted octanol–water partition coefficient (Wildman–Crippen LogP) is 2.75. The van der Waals surface area contributed by atoms with E-state index in [4.69, 9.17) is 19.9 Å². The van der Waals surface area contributed by atoms with Crippen LogP contribution in [0.1, 0.15) is 49.8 Å². The van der Waals surface area contributed by atoms with E-state index in [0.29, 0.717) is 0 Å². The lowest BCUT2D eigenvalue weighted by molar-refractivity contribution is 0.0437. The molecule has 0 aliphatic carbocycles. The van der Waals surface area contributed by atoms with Crippen LogP contribution in [0.25, 0.3) is 0 Å². The molecule has 0 aliphatic heterocycles. The van der Waals surface area contributed by atoms with Crippen molar-refractivity contribution in [3.05, 3.63) is 45.8 Å². The summed E-state index contributed by atoms with van der Waals surface area (Å²) in [7, 11) is 0. The van der Waals surface area contributed by atoms with Gasteiger partial charge in [-0.2, -0.15) is 0 Å². The maximum atomic E-state index is 12.2. The number of esters is 3. The number of phenolic OH excluding ortho intramolecular Hbond substituents is 1. The molecule has 1 heterocycles. The Balaban J connectivity index is 2.31. The predicted molar refractivity (Wildman–Crippen MR) is 97.9 cm³/mol. The van der Waals surface area contributed by atoms with E-state index in [-0.39, 0.29) is 52.1 Å². The Morgan fingerprint density at radius 2 is 1.56 bits per heavy atom. The van der Waals surface area contributed by atoms with Crippen LogP contribution in [0.15, 0.2) is 24.3 Å². The third-order valence-electron chi connectivity index (χ3n) is 3.43. The lowest BCUT2D eigenvalue weighted by Gasteiger charge is -2.09. The first-order valence-electron chi connectivity index (χ1n) is 8.10. The van der Waals surface area contributed by atoms with Crippen molar-refractivity contribution in [2.45, 2.75) is 20.5 Å². The third-order valence-corrected chi connectivity index (χ3v) is 4.47. The molecule has 0 atom stereocenters. The number of hydrogen-bond donors (Lipinski definition) is 2. The first kappa shape index (κ1) is 20.2. The molecule has 0 aliphatic rings. The normalized spacial score (nSPS) is 10.3. The van der Waals surface area contributed by atoms with Crippen LogP contribution in [0, 0.1) is 0 Å². The molecule has 0 spiro atoms. The van der Waals surface area contributed by atoms with Crippen molar-refractivity contribution in [2.75, 3.05) is 18.9 Å². The third kappa shape index (κ3) is 4.76. The van der Waals surface area contributed by atoms with Gasteiger partial charge in [0, 0.05) is 5.56 Å². The first-order chi connectivity index (χ1) is 12.9. The van der Waals surface area contributed by atoms with E-state index in [1.54, 1.807) is 13.8 Å². The van der Waals surface area contributed by atoms with Crippen molar-refractivity contribution < 1.29 is 33.7 Å². The largest absolute Gasteiger partial charge is 0.508 e. The molecular formula is C18H19NO7S. The van der Waals surface area contributed by atoms with Gasteiger partial charge >= 0.3 is 17.9 Å². The van der Waals surface area contributed by atoms with E-state index in [0.717, 1.165) is 11.3 Å². The zero-order valence-electron chi connectivity index (χ0n) is 14.8. The van der Waals surface area contributed by atoms with E-state index in [2.05, 4.69) is 0 Å². The van der Waals surface area contributed by atoms with Crippen LogP contribution in [0.3, 0.4) is 0 Å². The number of benzene rings is 1. The molecule has 27 heavy (non-hydrogen) atoms. The monoisotopic (exact) mass is 393 g/mol. The number of rotatable bonds is 7. The number of aromatic hydroxyl groups is 1. The Labute approximate surface area is 159 Å². The number of thiophene rings is 1. The van der Waals surface area contributed by atoms with Crippen LogP contribution in [-0.2, 0) is 20.8 Å². The number of nitrogens with two attached hydrogens (primary N) is 1. The van der Waals surface area contributed by atoms with Gasteiger partial charge in [0.15, 0.2) is 0 Å². The quantitative estimate of drug-likeness (QED) is 0.543. The van der Waals surface area contributed by atoms with Gasteiger partial charge in [-0.1, -0.05) is 0 Å². The summed E-state index contributed by atoms with van der Waals surface area (Å²) in [6.45, 7) is 3.17. The molecule has 8 nitrogen and oxygen atoms in total. The van der Waals surface area contributed by atoms with E-state index in [1.165, 1.54) is 24.3 Å². The summed E-state index contributed by atoms with van der Waals surface area (Å²) in [5.41, 5.74) is 6.21. The van der Waals surface area contributed by atoms with E-state index < -0.39 is 17.9 Å². The van der Waals surface area contributed by atoms with Crippen LogP contribution in [0.2, 0.25) is 0 Å². The second kappa shape index (κ2) is 9.04. The van der Waals surface area contributed by atoms with Crippen LogP contribution in [0.5, 0.6) is 5.75 Å². The van der Waals surface area contributed by atoms with Crippen LogP contribution < -0.4 is 5.73 Å². The van der Waals surface area contributed by atoms with Gasteiger partial charge in [-0.3, -0.25) is 0 Å². The minimum Gasteiger partial charge on any atom is -0.508 e. The van der Waals surface area contributed by atoms with E-state index in [9.17, 15) is 19.5 Å². The second-order valence-corrected chi connectivity index (χ2v) is 6.27. The smallest absolute Gasteiger partial charge is 0.348 e. The Morgan fingerprint density at radius 3 is 2.15 bits per heavy atom. The number of carbonyl (C=O) groups is 3. The fraction of sp³-hybridized carbons (Fsp3) is 0.278. The molecule has 1 aromatic carbocycles. The van der Waals surface area contributed by atoms with Crippen molar-refractivity contribution in [3.63, 3.8) is 0 Å². The zero-order valence-corrected chi connectivity index (χ0v) is 15.6. The number of anilines is 1. The van der Waals surface area contributed by atoms with Crippen molar-refractivity contribution >= 4 is 34.2 Å². The van der Waals surface area contributed by atoms with Gasteiger partial charge in [-0.15, -0.1) is 11.3 Å². The molecule has 0 saturated carbocycles. The van der Waals surface area contributed by atoms with Gasteiger partial charge in [0.05, 0.1) is 18.8 Å². The fourth-order valence-corrected chi connectivity index (χ4v) is 3.18. The van der Waals surface area contributed by atoms with E-state index >= 15 is 0 Å². The molecule has 2 aromatic rings. The molecule has 2 rings (SSSR count). The highest BCUT2D eigenvalue weighted by Gasteiger charge is 2.28. The van der Waals surface area contributed by atoms with Crippen molar-refractivity contribution in [1.82, 2.24) is 0 Å². The van der Waals surface area contributed by atoms with Gasteiger partial charge in [0.2, 0.25) is 0 Å². The summed E-state index contributed by atoms with van der Waals surface area (Å²) in [5.74, 6) is -2.06. The number of nitrogen functional groups attached to an aromatic ring is 1. The highest BCUT2D eigenvalue weighted by atomic mass is 32.1. The zero-order chi connectivity index (χ0) is 20.0. The molecule has 0 bridgehead atoms. The SMILES string of the molecule is CCOC(=O)c1sc(N)c(C(=O)OCC)c1COC(=O)c1ccc(O)cc1. The summed E-state index contributed by atoms with van der Waals surface area (Å²) in [5, 5.41) is 9.35. The molecule has 0 unspecified atom stereocenters. The molecule has 144 valence electrons. The maximum Gasteiger partial charge on any atom is 0.348 e. The summed E-state index contributed by atoms with van der Waals surface area (Å²) >= 11 is 0.871. The average Bonchev–Trinajstić information content (AvgIpc) is 2.97. The lowest BCUT2D eigenvalue weighted by Crippen LogP contribution is -2.14. The topological polar surface area (TPSA) is 125 Å². The van der Waals surface area contributed by atoms with Gasteiger partial charge in [-0.05, 0) is 38.1 Å². The minimum absolute atomic E-state index is 0.00588. The van der Waals surface area contributed by atoms with Crippen LogP contribution in [-0.4, -0.2) is 36.2 Å². The Bertz CT molecular complexity index is 842. The second-order valence-electron chi connectivity index (χ2n) is 5.21. The molecule has 0 fully saturated rings. The Hall–Kier alpha value is -3.07. The molecule has 0 radical (unpaired) electrons. The number of carbonyl (C=O) groups excluding carboxylic acids is 3. The number of ether oxygens (including phenoxy) is 3. The summed E-state index contributed by atoms with van der Waals surface area (Å²) in [6.07, 6.45) is 0. The summed E-state index contributed by atoms with van der Waals surface area (Å²) in [6, 6.07) is 5.46. The highest BCUT2D eigenvalue weighted by Crippen LogP contribution is 2.33. The molecule has 9 heteroatoms. The minimum atomic E-state index is -0.711. The van der Waals surface area contributed by atoms with Crippen molar-refractivity contribution in [1.29, 1.82) is 0 Å². The molecule has 0 saturated heterocycles. The maximum absolute atomic E-state index is 12.2. The Morgan fingerprint density at radius 1 is 0.963 bits per heavy atom. The number of phenols is 1. The summed E-state index contributed by atoms with van der Waals surface area (Å²) < 4.78 is 15.2. The standard InChI is InChI=1S/C18H19NO7S/c1-3-24-17(22)13-12(14(27-15(13)19)18(23)25-4-2)9-26-16(21)10-5-7-11(20)8-6-10/h5-8,20H,3-4,9,19H2,1-2H3. The van der Waals surface area contributed by atoms with Gasteiger partial charge < -0.3 is 25.1 Å². The lowest BCUT2D eigenvalue weighted by atomic mass is 10.1. The van der Waals surface area contributed by atoms with Crippen LogP contribution >= 0.6 is 11.3 Å². The van der Waals surface area contributed by atoms with Crippen molar-refractivity contribution in [3.8, 4) is 5.75 Å². The average molecular weight is 393 g/mol. The number of hydrogen-bond acceptors (Lipinski definition) is 9. The van der Waals surface area contributed by atoms with Gasteiger partial charge in [-0.25, -0.2) is 14.4 Å². The fourth-order valence-electron chi connectivity index (χ4n) is 2.23. The van der Waals surface area contributed by atoms with Crippen LogP contribution in [0.4, 0.5) is 5.00 Å². The molecular weight excluding hydrogens is 374 g/mol. The highest BCUT2D eigenvalue weighted by molar-refractivity contribution is 7.18. The molecule has 0 amide bonds. The summed E-state index contributed by atoms with van der Waals surface area (Å²) in [4.78, 5) is 36.7. The molecule has 3 N–H and O–H groups in total. The van der Waals surface area contributed by atoms with Crippen molar-refractivity contribution in [2.24, 2.45) is 0 Å². The Kier molecular flexibility index (Phi) is 6.78. The van der Waals surface area contributed by atoms with E-state index in [1.807, 2.05) is 0 Å². The van der Waals surface area contributed by atoms with Gasteiger partial charge in [0.25, 0.3) is 0 Å².